The molecule has 1 saturated carbocycles. The summed E-state index contributed by atoms with van der Waals surface area (Å²) in [6.07, 6.45) is 8.55. The van der Waals surface area contributed by atoms with Crippen molar-refractivity contribution in [2.75, 3.05) is 13.1 Å². The first kappa shape index (κ1) is 10.0. The van der Waals surface area contributed by atoms with Crippen LogP contribution in [0.1, 0.15) is 37.3 Å². The third-order valence-corrected chi connectivity index (χ3v) is 3.20. The molecule has 0 amide bonds. The Kier molecular flexibility index (Phi) is 2.74. The zero-order valence-electron chi connectivity index (χ0n) is 9.35. The minimum Gasteiger partial charge on any atom is -0.473 e. The monoisotopic (exact) mass is 219 g/mol. The van der Waals surface area contributed by atoms with E-state index in [4.69, 9.17) is 4.74 Å². The molecule has 1 aromatic heterocycles. The van der Waals surface area contributed by atoms with Gasteiger partial charge in [-0.3, -0.25) is 4.98 Å². The highest BCUT2D eigenvalue weighted by atomic mass is 16.5. The first-order valence-electron chi connectivity index (χ1n) is 6.11. The van der Waals surface area contributed by atoms with Gasteiger partial charge in [-0.2, -0.15) is 0 Å². The summed E-state index contributed by atoms with van der Waals surface area (Å²) < 4.78 is 5.86. The molecular formula is C12H17N3O. The Morgan fingerprint density at radius 1 is 1.12 bits per heavy atom. The normalized spacial score (nSPS) is 22.0. The molecule has 0 aromatic carbocycles. The molecule has 3 rings (SSSR count). The maximum Gasteiger partial charge on any atom is 0.232 e. The van der Waals surface area contributed by atoms with E-state index in [2.05, 4.69) is 15.3 Å². The van der Waals surface area contributed by atoms with Crippen LogP contribution < -0.4 is 10.1 Å². The number of nitrogens with zero attached hydrogens (tertiary/aromatic N) is 2. The van der Waals surface area contributed by atoms with E-state index in [1.165, 1.54) is 12.8 Å². The lowest BCUT2D eigenvalue weighted by molar-refractivity contribution is 0.155. The van der Waals surface area contributed by atoms with Crippen LogP contribution >= 0.6 is 0 Å². The number of nitrogens with one attached hydrogen (secondary N) is 1. The van der Waals surface area contributed by atoms with Gasteiger partial charge in [0.25, 0.3) is 0 Å². The Morgan fingerprint density at radius 3 is 2.69 bits per heavy atom. The number of ether oxygens (including phenoxy) is 1. The summed E-state index contributed by atoms with van der Waals surface area (Å²) in [4.78, 5) is 8.73. The zero-order chi connectivity index (χ0) is 10.8. The lowest BCUT2D eigenvalue weighted by Crippen LogP contribution is -2.34. The molecule has 1 aliphatic carbocycles. The summed E-state index contributed by atoms with van der Waals surface area (Å²) in [6, 6.07) is 0. The van der Waals surface area contributed by atoms with Crippen LogP contribution in [0.25, 0.3) is 0 Å². The van der Waals surface area contributed by atoms with E-state index < -0.39 is 0 Å². The van der Waals surface area contributed by atoms with Gasteiger partial charge in [0, 0.05) is 12.1 Å². The maximum absolute atomic E-state index is 5.86. The summed E-state index contributed by atoms with van der Waals surface area (Å²) in [6.45, 7) is 2.08. The lowest BCUT2D eigenvalue weighted by Gasteiger charge is -2.23. The molecule has 0 bridgehead atoms. The molecule has 86 valence electrons. The van der Waals surface area contributed by atoms with Gasteiger partial charge in [0.15, 0.2) is 0 Å². The Balaban J connectivity index is 1.66. The molecule has 16 heavy (non-hydrogen) atoms. The summed E-state index contributed by atoms with van der Waals surface area (Å²) >= 11 is 0. The van der Waals surface area contributed by atoms with E-state index in [-0.39, 0.29) is 0 Å². The Hall–Kier alpha value is -1.16. The number of hydrogen-bond donors (Lipinski definition) is 1. The van der Waals surface area contributed by atoms with E-state index in [0.717, 1.165) is 31.6 Å². The van der Waals surface area contributed by atoms with Crippen LogP contribution in [0.15, 0.2) is 12.4 Å². The second kappa shape index (κ2) is 4.37. The summed E-state index contributed by atoms with van der Waals surface area (Å²) in [5.41, 5.74) is 1.10. The minimum absolute atomic E-state index is 0.310. The van der Waals surface area contributed by atoms with Gasteiger partial charge in [-0.25, -0.2) is 4.98 Å². The number of piperidine rings is 1. The minimum atomic E-state index is 0.310. The molecule has 2 fully saturated rings. The molecule has 0 radical (unpaired) electrons. The molecule has 0 unspecified atom stereocenters. The lowest BCUT2D eigenvalue weighted by atomic mass is 10.1. The van der Waals surface area contributed by atoms with Crippen molar-refractivity contribution in [1.29, 1.82) is 0 Å². The molecule has 4 heteroatoms. The third kappa shape index (κ3) is 2.32. The highest BCUT2D eigenvalue weighted by molar-refractivity contribution is 5.16. The van der Waals surface area contributed by atoms with Crippen LogP contribution in [0, 0.1) is 0 Å². The second-order valence-corrected chi connectivity index (χ2v) is 4.62. The molecular weight excluding hydrogens is 202 g/mol. The van der Waals surface area contributed by atoms with E-state index in [9.17, 15) is 0 Å². The highest BCUT2D eigenvalue weighted by Crippen LogP contribution is 2.39. The van der Waals surface area contributed by atoms with Crippen LogP contribution in [-0.4, -0.2) is 29.2 Å². The largest absolute Gasteiger partial charge is 0.473 e. The fraction of sp³-hybridized carbons (Fsp3) is 0.667. The van der Waals surface area contributed by atoms with Gasteiger partial charge in [0.05, 0.1) is 11.9 Å². The average Bonchev–Trinajstić information content (AvgIpc) is 3.15. The van der Waals surface area contributed by atoms with Gasteiger partial charge in [-0.05, 0) is 38.8 Å². The zero-order valence-corrected chi connectivity index (χ0v) is 9.35. The smallest absolute Gasteiger partial charge is 0.232 e. The van der Waals surface area contributed by atoms with Crippen molar-refractivity contribution in [2.45, 2.75) is 37.7 Å². The predicted octanol–water partition coefficient (Wildman–Crippen LogP) is 1.48. The third-order valence-electron chi connectivity index (χ3n) is 3.20. The Labute approximate surface area is 95.4 Å². The fourth-order valence-electron chi connectivity index (χ4n) is 2.08. The van der Waals surface area contributed by atoms with Crippen LogP contribution in [0.3, 0.4) is 0 Å². The quantitative estimate of drug-likeness (QED) is 0.836. The van der Waals surface area contributed by atoms with Gasteiger partial charge in [-0.15, -0.1) is 0 Å². The van der Waals surface area contributed by atoms with E-state index in [1.54, 1.807) is 6.20 Å². The fourth-order valence-corrected chi connectivity index (χ4v) is 2.08. The molecule has 2 aliphatic rings. The first-order valence-corrected chi connectivity index (χ1v) is 6.11. The van der Waals surface area contributed by atoms with Crippen molar-refractivity contribution in [2.24, 2.45) is 0 Å². The van der Waals surface area contributed by atoms with Crippen LogP contribution in [0.5, 0.6) is 5.88 Å². The van der Waals surface area contributed by atoms with E-state index >= 15 is 0 Å². The van der Waals surface area contributed by atoms with Crippen LogP contribution in [-0.2, 0) is 0 Å². The Morgan fingerprint density at radius 2 is 1.94 bits per heavy atom. The van der Waals surface area contributed by atoms with Gasteiger partial charge in [0.1, 0.15) is 6.10 Å². The first-order chi connectivity index (χ1) is 7.92. The van der Waals surface area contributed by atoms with Crippen molar-refractivity contribution < 1.29 is 4.74 Å². The molecule has 1 saturated heterocycles. The van der Waals surface area contributed by atoms with Crippen molar-refractivity contribution in [3.05, 3.63) is 18.1 Å². The van der Waals surface area contributed by atoms with Crippen molar-refractivity contribution in [3.8, 4) is 5.88 Å². The van der Waals surface area contributed by atoms with Gasteiger partial charge in [0.2, 0.25) is 5.88 Å². The summed E-state index contributed by atoms with van der Waals surface area (Å²) in [5, 5.41) is 3.32. The van der Waals surface area contributed by atoms with Crippen LogP contribution in [0.2, 0.25) is 0 Å². The van der Waals surface area contributed by atoms with Crippen LogP contribution in [0.4, 0.5) is 0 Å². The summed E-state index contributed by atoms with van der Waals surface area (Å²) in [5.74, 6) is 1.35. The number of hydrogen-bond acceptors (Lipinski definition) is 4. The number of aromatic nitrogens is 2. The molecule has 0 atom stereocenters. The SMILES string of the molecule is c1ncc(C2CC2)nc1OC1CCNCC1. The van der Waals surface area contributed by atoms with Gasteiger partial charge >= 0.3 is 0 Å². The van der Waals surface area contributed by atoms with Crippen molar-refractivity contribution in [1.82, 2.24) is 15.3 Å². The molecule has 1 N–H and O–H groups in total. The average molecular weight is 219 g/mol. The number of rotatable bonds is 3. The predicted molar refractivity (Wildman–Crippen MR) is 60.5 cm³/mol. The van der Waals surface area contributed by atoms with E-state index in [1.807, 2.05) is 6.20 Å². The van der Waals surface area contributed by atoms with Crippen molar-refractivity contribution >= 4 is 0 Å². The Bertz CT molecular complexity index is 359. The van der Waals surface area contributed by atoms with E-state index in [0.29, 0.717) is 17.9 Å². The molecule has 4 nitrogen and oxygen atoms in total. The standard InChI is InChI=1S/C12H17N3O/c1-2-9(1)11-7-14-8-12(15-11)16-10-3-5-13-6-4-10/h7-10,13H,1-6H2. The van der Waals surface area contributed by atoms with Crippen molar-refractivity contribution in [3.63, 3.8) is 0 Å². The van der Waals surface area contributed by atoms with Gasteiger partial charge in [-0.1, -0.05) is 0 Å². The molecule has 0 spiro atoms. The van der Waals surface area contributed by atoms with Gasteiger partial charge < -0.3 is 10.1 Å². The second-order valence-electron chi connectivity index (χ2n) is 4.62. The molecule has 1 aliphatic heterocycles. The maximum atomic E-state index is 5.86. The highest BCUT2D eigenvalue weighted by Gasteiger charge is 2.26. The molecule has 2 heterocycles. The topological polar surface area (TPSA) is 47.0 Å². The summed E-state index contributed by atoms with van der Waals surface area (Å²) in [7, 11) is 0. The molecule has 1 aromatic rings.